The molecule has 0 unspecified atom stereocenters. The van der Waals surface area contributed by atoms with Crippen molar-refractivity contribution in [3.63, 3.8) is 0 Å². The van der Waals surface area contributed by atoms with Crippen LogP contribution in [-0.4, -0.2) is 40.3 Å². The minimum atomic E-state index is 0.838. The Kier molecular flexibility index (Phi) is 8.06. The van der Waals surface area contributed by atoms with Gasteiger partial charge in [0.2, 0.25) is 0 Å². The predicted octanol–water partition coefficient (Wildman–Crippen LogP) is 7.35. The highest BCUT2D eigenvalue weighted by atomic mass is 32.1. The molecule has 4 aromatic heterocycles. The molecule has 0 aliphatic carbocycles. The molecule has 0 atom stereocenters. The summed E-state index contributed by atoms with van der Waals surface area (Å²) in [5, 5.41) is 21.5. The fourth-order valence-corrected chi connectivity index (χ4v) is 6.59. The Labute approximate surface area is 241 Å². The average molecular weight is 567 g/mol. The summed E-state index contributed by atoms with van der Waals surface area (Å²) < 4.78 is 0. The normalized spacial score (nSPS) is 11.6. The van der Waals surface area contributed by atoms with Crippen molar-refractivity contribution in [1.29, 1.82) is 0 Å². The molecule has 0 saturated heterocycles. The zero-order valence-electron chi connectivity index (χ0n) is 22.7. The molecule has 0 aliphatic rings. The van der Waals surface area contributed by atoms with Crippen molar-refractivity contribution in [3.05, 3.63) is 69.9 Å². The Bertz CT molecular complexity index is 1630. The molecule has 0 saturated carbocycles. The van der Waals surface area contributed by atoms with Crippen LogP contribution in [-0.2, 0) is 12.8 Å². The van der Waals surface area contributed by atoms with Crippen molar-refractivity contribution in [1.82, 2.24) is 40.3 Å². The van der Waals surface area contributed by atoms with Gasteiger partial charge in [0.15, 0.2) is 10.0 Å². The highest BCUT2D eigenvalue weighted by Crippen LogP contribution is 2.28. The second-order valence-electron chi connectivity index (χ2n) is 9.92. The number of para-hydroxylation sites is 4. The SMILES string of the molecule is Cc1nc2ccccc2nc1-c1nnc(CCCCCCCCc2nnc(-c3nc4ccccc4nc3C)s2)s1. The quantitative estimate of drug-likeness (QED) is 0.150. The van der Waals surface area contributed by atoms with Crippen LogP contribution in [0.5, 0.6) is 0 Å². The van der Waals surface area contributed by atoms with Gasteiger partial charge >= 0.3 is 0 Å². The third-order valence-corrected chi connectivity index (χ3v) is 8.84. The highest BCUT2D eigenvalue weighted by molar-refractivity contribution is 7.14. The van der Waals surface area contributed by atoms with E-state index in [9.17, 15) is 0 Å². The summed E-state index contributed by atoms with van der Waals surface area (Å²) in [6.07, 6.45) is 9.04. The number of aromatic nitrogens is 8. The smallest absolute Gasteiger partial charge is 0.168 e. The molecule has 0 aliphatic heterocycles. The van der Waals surface area contributed by atoms with Crippen LogP contribution >= 0.6 is 22.7 Å². The van der Waals surface area contributed by atoms with E-state index in [0.717, 1.165) is 90.6 Å². The second-order valence-corrected chi connectivity index (χ2v) is 12.0. The lowest BCUT2D eigenvalue weighted by Gasteiger charge is -2.03. The van der Waals surface area contributed by atoms with E-state index in [1.807, 2.05) is 62.4 Å². The molecule has 6 aromatic rings. The van der Waals surface area contributed by atoms with Crippen molar-refractivity contribution in [2.75, 3.05) is 0 Å². The van der Waals surface area contributed by atoms with Crippen LogP contribution in [0.1, 0.15) is 59.9 Å². The molecule has 0 spiro atoms. The molecule has 0 bridgehead atoms. The van der Waals surface area contributed by atoms with Gasteiger partial charge in [0.1, 0.15) is 21.4 Å². The summed E-state index contributed by atoms with van der Waals surface area (Å²) in [6, 6.07) is 15.9. The van der Waals surface area contributed by atoms with Crippen molar-refractivity contribution in [2.24, 2.45) is 0 Å². The molecule has 0 radical (unpaired) electrons. The van der Waals surface area contributed by atoms with Crippen LogP contribution in [0.4, 0.5) is 0 Å². The molecule has 6 rings (SSSR count). The first-order valence-corrected chi connectivity index (χ1v) is 15.4. The zero-order valence-corrected chi connectivity index (χ0v) is 24.3. The summed E-state index contributed by atoms with van der Waals surface area (Å²) in [4.78, 5) is 18.9. The maximum absolute atomic E-state index is 4.78. The summed E-state index contributed by atoms with van der Waals surface area (Å²) >= 11 is 3.27. The van der Waals surface area contributed by atoms with E-state index in [0.29, 0.717) is 0 Å². The van der Waals surface area contributed by atoms with E-state index >= 15 is 0 Å². The maximum Gasteiger partial charge on any atom is 0.168 e. The molecule has 8 nitrogen and oxygen atoms in total. The number of fused-ring (bicyclic) bond motifs is 2. The lowest BCUT2D eigenvalue weighted by molar-refractivity contribution is 0.591. The zero-order chi connectivity index (χ0) is 27.3. The Morgan fingerprint density at radius 1 is 0.475 bits per heavy atom. The van der Waals surface area contributed by atoms with Gasteiger partial charge in [-0.2, -0.15) is 0 Å². The van der Waals surface area contributed by atoms with Gasteiger partial charge in [0.05, 0.1) is 33.5 Å². The van der Waals surface area contributed by atoms with E-state index in [1.165, 1.54) is 25.7 Å². The van der Waals surface area contributed by atoms with E-state index in [1.54, 1.807) is 22.7 Å². The van der Waals surface area contributed by atoms with Gasteiger partial charge in [-0.25, -0.2) is 19.9 Å². The Hall–Kier alpha value is -3.76. The van der Waals surface area contributed by atoms with Crippen LogP contribution in [0.25, 0.3) is 43.5 Å². The van der Waals surface area contributed by atoms with E-state index in [-0.39, 0.29) is 0 Å². The number of rotatable bonds is 11. The average Bonchev–Trinajstić information content (AvgIpc) is 3.64. The van der Waals surface area contributed by atoms with Crippen LogP contribution in [0, 0.1) is 13.8 Å². The van der Waals surface area contributed by atoms with E-state index < -0.39 is 0 Å². The minimum Gasteiger partial charge on any atom is -0.249 e. The van der Waals surface area contributed by atoms with Crippen LogP contribution < -0.4 is 0 Å². The first-order valence-electron chi connectivity index (χ1n) is 13.8. The molecular weight excluding hydrogens is 537 g/mol. The minimum absolute atomic E-state index is 0.838. The fraction of sp³-hybridized carbons (Fsp3) is 0.333. The Morgan fingerprint density at radius 2 is 0.850 bits per heavy atom. The number of hydrogen-bond donors (Lipinski definition) is 0. The van der Waals surface area contributed by atoms with Crippen LogP contribution in [0.2, 0.25) is 0 Å². The number of unbranched alkanes of at least 4 members (excludes halogenated alkanes) is 5. The molecule has 0 amide bonds. The number of hydrogen-bond acceptors (Lipinski definition) is 10. The Morgan fingerprint density at radius 3 is 1.27 bits per heavy atom. The second kappa shape index (κ2) is 12.2. The topological polar surface area (TPSA) is 103 Å². The highest BCUT2D eigenvalue weighted by Gasteiger charge is 2.14. The monoisotopic (exact) mass is 566 g/mol. The Balaban J connectivity index is 0.919. The summed E-state index contributed by atoms with van der Waals surface area (Å²) in [7, 11) is 0. The van der Waals surface area contributed by atoms with Crippen molar-refractivity contribution in [2.45, 2.75) is 65.2 Å². The van der Waals surface area contributed by atoms with Gasteiger partial charge < -0.3 is 0 Å². The molecule has 0 N–H and O–H groups in total. The molecular formula is C30H30N8S2. The standard InChI is InChI=1S/C30H30N8S2/c1-19-27(33-23-15-11-9-13-21(23)31-19)29-37-35-25(39-29)17-7-5-3-4-6-8-18-26-36-38-30(40-26)28-20(2)32-22-14-10-12-16-24(22)34-28/h9-16H,3-8,17-18H2,1-2H3. The lowest BCUT2D eigenvalue weighted by Crippen LogP contribution is -1.93. The number of aryl methyl sites for hydroxylation is 4. The maximum atomic E-state index is 4.78. The molecule has 202 valence electrons. The lowest BCUT2D eigenvalue weighted by atomic mass is 10.1. The van der Waals surface area contributed by atoms with Crippen LogP contribution in [0.3, 0.4) is 0 Å². The van der Waals surface area contributed by atoms with Gasteiger partial charge in [-0.15, -0.1) is 20.4 Å². The van der Waals surface area contributed by atoms with Gasteiger partial charge in [-0.05, 0) is 51.0 Å². The van der Waals surface area contributed by atoms with Gasteiger partial charge in [0.25, 0.3) is 0 Å². The van der Waals surface area contributed by atoms with Gasteiger partial charge in [-0.1, -0.05) is 72.6 Å². The molecule has 40 heavy (non-hydrogen) atoms. The van der Waals surface area contributed by atoms with Gasteiger partial charge in [-0.3, -0.25) is 0 Å². The predicted molar refractivity (Wildman–Crippen MR) is 161 cm³/mol. The molecule has 4 heterocycles. The molecule has 0 fully saturated rings. The fourth-order valence-electron chi connectivity index (χ4n) is 4.74. The third-order valence-electron chi connectivity index (χ3n) is 6.86. The first-order chi connectivity index (χ1) is 19.6. The summed E-state index contributed by atoms with van der Waals surface area (Å²) in [6.45, 7) is 3.97. The van der Waals surface area contributed by atoms with Crippen LogP contribution in [0.15, 0.2) is 48.5 Å². The molecule has 10 heteroatoms. The summed E-state index contributed by atoms with van der Waals surface area (Å²) in [5.41, 5.74) is 7.06. The molecule has 2 aromatic carbocycles. The summed E-state index contributed by atoms with van der Waals surface area (Å²) in [5.74, 6) is 0. The van der Waals surface area contributed by atoms with Crippen molar-refractivity contribution < 1.29 is 0 Å². The first kappa shape index (κ1) is 26.5. The number of nitrogens with zero attached hydrogens (tertiary/aromatic N) is 8. The van der Waals surface area contributed by atoms with E-state index in [4.69, 9.17) is 9.97 Å². The van der Waals surface area contributed by atoms with Gasteiger partial charge in [0, 0.05) is 12.8 Å². The van der Waals surface area contributed by atoms with E-state index in [2.05, 4.69) is 30.4 Å². The largest absolute Gasteiger partial charge is 0.249 e. The third kappa shape index (κ3) is 6.03. The van der Waals surface area contributed by atoms with Crippen molar-refractivity contribution >= 4 is 44.7 Å². The van der Waals surface area contributed by atoms with Crippen molar-refractivity contribution in [3.8, 4) is 21.4 Å². The number of benzene rings is 2.